The van der Waals surface area contributed by atoms with Crippen LogP contribution in [0.3, 0.4) is 0 Å². The summed E-state index contributed by atoms with van der Waals surface area (Å²) in [5.74, 6) is 0.547. The maximum absolute atomic E-state index is 13.0. The van der Waals surface area contributed by atoms with Crippen molar-refractivity contribution < 1.29 is 4.79 Å². The number of pyridine rings is 1. The van der Waals surface area contributed by atoms with Crippen LogP contribution in [-0.4, -0.2) is 35.2 Å². The van der Waals surface area contributed by atoms with Crippen LogP contribution < -0.4 is 16.6 Å². The zero-order chi connectivity index (χ0) is 21.4. The van der Waals surface area contributed by atoms with Crippen LogP contribution in [0.2, 0.25) is 0 Å². The number of fused-ring (bicyclic) bond motifs is 1. The van der Waals surface area contributed by atoms with Crippen molar-refractivity contribution in [2.24, 2.45) is 14.1 Å². The molecule has 0 saturated heterocycles. The minimum atomic E-state index is -0.603. The van der Waals surface area contributed by atoms with Gasteiger partial charge in [-0.1, -0.05) is 30.3 Å². The molecule has 1 unspecified atom stereocenters. The molecule has 4 rings (SSSR count). The van der Waals surface area contributed by atoms with Crippen molar-refractivity contribution in [1.29, 1.82) is 0 Å². The molecule has 1 amide bonds. The lowest BCUT2D eigenvalue weighted by Crippen LogP contribution is -2.37. The SMILES string of the molecule is Cc1nc(C(NC(=O)c2ccc3c(=O)n(C)c(=O)n(C)c3n2)c2ccccc2)n[nH]1. The Hall–Kier alpha value is -4.08. The van der Waals surface area contributed by atoms with Gasteiger partial charge in [0, 0.05) is 14.1 Å². The van der Waals surface area contributed by atoms with E-state index in [1.165, 1.54) is 30.8 Å². The van der Waals surface area contributed by atoms with Crippen LogP contribution in [-0.2, 0) is 14.1 Å². The van der Waals surface area contributed by atoms with Gasteiger partial charge in [0.2, 0.25) is 0 Å². The van der Waals surface area contributed by atoms with Crippen molar-refractivity contribution in [3.8, 4) is 0 Å². The van der Waals surface area contributed by atoms with Crippen molar-refractivity contribution in [1.82, 2.24) is 34.6 Å². The largest absolute Gasteiger partial charge is 0.337 e. The molecule has 0 saturated carbocycles. The molecule has 2 N–H and O–H groups in total. The fourth-order valence-electron chi connectivity index (χ4n) is 3.22. The summed E-state index contributed by atoms with van der Waals surface area (Å²) in [6.45, 7) is 1.77. The molecule has 30 heavy (non-hydrogen) atoms. The number of aryl methyl sites for hydroxylation is 2. The zero-order valence-corrected chi connectivity index (χ0v) is 16.6. The first kappa shape index (κ1) is 19.2. The summed E-state index contributed by atoms with van der Waals surface area (Å²) >= 11 is 0. The van der Waals surface area contributed by atoms with Crippen LogP contribution in [0.15, 0.2) is 52.1 Å². The first-order valence-corrected chi connectivity index (χ1v) is 9.18. The first-order valence-electron chi connectivity index (χ1n) is 9.18. The molecule has 0 bridgehead atoms. The molecular formula is C20H19N7O3. The van der Waals surface area contributed by atoms with Gasteiger partial charge in [-0.3, -0.25) is 23.8 Å². The number of rotatable bonds is 4. The van der Waals surface area contributed by atoms with E-state index in [0.29, 0.717) is 11.6 Å². The lowest BCUT2D eigenvalue weighted by molar-refractivity contribution is 0.0937. The maximum atomic E-state index is 13.0. The van der Waals surface area contributed by atoms with E-state index in [2.05, 4.69) is 25.5 Å². The van der Waals surface area contributed by atoms with Crippen molar-refractivity contribution in [3.05, 3.63) is 86.2 Å². The van der Waals surface area contributed by atoms with Crippen LogP contribution in [0.1, 0.15) is 33.7 Å². The van der Waals surface area contributed by atoms with E-state index < -0.39 is 23.2 Å². The molecule has 0 radical (unpaired) electrons. The molecule has 0 aliphatic carbocycles. The van der Waals surface area contributed by atoms with Gasteiger partial charge < -0.3 is 5.32 Å². The number of hydrogen-bond acceptors (Lipinski definition) is 6. The molecule has 10 nitrogen and oxygen atoms in total. The normalized spacial score (nSPS) is 12.1. The first-order chi connectivity index (χ1) is 14.4. The lowest BCUT2D eigenvalue weighted by Gasteiger charge is -2.16. The van der Waals surface area contributed by atoms with E-state index in [4.69, 9.17) is 0 Å². The van der Waals surface area contributed by atoms with E-state index >= 15 is 0 Å². The number of nitrogens with one attached hydrogen (secondary N) is 2. The average Bonchev–Trinajstić information content (AvgIpc) is 3.20. The lowest BCUT2D eigenvalue weighted by atomic mass is 10.1. The van der Waals surface area contributed by atoms with Gasteiger partial charge in [0.05, 0.1) is 5.39 Å². The third-order valence-corrected chi connectivity index (χ3v) is 4.82. The van der Waals surface area contributed by atoms with Gasteiger partial charge in [0.25, 0.3) is 11.5 Å². The topological polar surface area (TPSA) is 128 Å². The predicted octanol–water partition coefficient (Wildman–Crippen LogP) is 0.578. The summed E-state index contributed by atoms with van der Waals surface area (Å²) in [7, 11) is 2.90. The monoisotopic (exact) mass is 405 g/mol. The molecule has 1 aromatic carbocycles. The number of carbonyl (C=O) groups excluding carboxylic acids is 1. The van der Waals surface area contributed by atoms with E-state index in [9.17, 15) is 14.4 Å². The highest BCUT2D eigenvalue weighted by Crippen LogP contribution is 2.19. The van der Waals surface area contributed by atoms with Gasteiger partial charge in [-0.15, -0.1) is 0 Å². The highest BCUT2D eigenvalue weighted by molar-refractivity contribution is 5.94. The number of benzene rings is 1. The van der Waals surface area contributed by atoms with Gasteiger partial charge >= 0.3 is 5.69 Å². The second-order valence-corrected chi connectivity index (χ2v) is 6.87. The number of aromatic nitrogens is 6. The molecular weight excluding hydrogens is 386 g/mol. The second kappa shape index (κ2) is 7.39. The number of hydrogen-bond donors (Lipinski definition) is 2. The van der Waals surface area contributed by atoms with Crippen molar-refractivity contribution >= 4 is 16.9 Å². The Morgan fingerprint density at radius 3 is 2.43 bits per heavy atom. The highest BCUT2D eigenvalue weighted by atomic mass is 16.2. The Bertz CT molecular complexity index is 1370. The Kier molecular flexibility index (Phi) is 4.74. The molecule has 10 heteroatoms. The van der Waals surface area contributed by atoms with E-state index in [1.807, 2.05) is 30.3 Å². The number of aromatic amines is 1. The highest BCUT2D eigenvalue weighted by Gasteiger charge is 2.23. The average molecular weight is 405 g/mol. The third-order valence-electron chi connectivity index (χ3n) is 4.82. The van der Waals surface area contributed by atoms with Gasteiger partial charge in [0.1, 0.15) is 23.2 Å². The Morgan fingerprint density at radius 1 is 1.03 bits per heavy atom. The summed E-state index contributed by atoms with van der Waals surface area (Å²) in [5.41, 5.74) is 0.0217. The van der Waals surface area contributed by atoms with Gasteiger partial charge in [-0.25, -0.2) is 14.8 Å². The summed E-state index contributed by atoms with van der Waals surface area (Å²) in [6, 6.07) is 11.6. The van der Waals surface area contributed by atoms with Crippen LogP contribution in [0, 0.1) is 6.92 Å². The Balaban J connectivity index is 1.75. The predicted molar refractivity (Wildman–Crippen MR) is 109 cm³/mol. The van der Waals surface area contributed by atoms with Crippen LogP contribution in [0.25, 0.3) is 11.0 Å². The number of nitrogens with zero attached hydrogens (tertiary/aromatic N) is 5. The molecule has 0 spiro atoms. The quantitative estimate of drug-likeness (QED) is 0.511. The number of H-pyrrole nitrogens is 1. The van der Waals surface area contributed by atoms with Gasteiger partial charge in [0.15, 0.2) is 5.82 Å². The van der Waals surface area contributed by atoms with Gasteiger partial charge in [-0.05, 0) is 24.6 Å². The Labute approximate surface area is 170 Å². The molecule has 0 fully saturated rings. The van der Waals surface area contributed by atoms with Crippen molar-refractivity contribution in [2.75, 3.05) is 0 Å². The summed E-state index contributed by atoms with van der Waals surface area (Å²) in [4.78, 5) is 46.1. The molecule has 0 aliphatic rings. The van der Waals surface area contributed by atoms with Crippen LogP contribution >= 0.6 is 0 Å². The smallest absolute Gasteiger partial charge is 0.332 e. The molecule has 3 aromatic heterocycles. The molecule has 3 heterocycles. The van der Waals surface area contributed by atoms with Crippen LogP contribution in [0.4, 0.5) is 0 Å². The second-order valence-electron chi connectivity index (χ2n) is 6.87. The zero-order valence-electron chi connectivity index (χ0n) is 16.6. The van der Waals surface area contributed by atoms with Crippen molar-refractivity contribution in [3.63, 3.8) is 0 Å². The summed E-state index contributed by atoms with van der Waals surface area (Å²) in [5, 5.41) is 10.1. The van der Waals surface area contributed by atoms with E-state index in [-0.39, 0.29) is 16.7 Å². The number of amides is 1. The fourth-order valence-corrected chi connectivity index (χ4v) is 3.22. The van der Waals surface area contributed by atoms with Crippen molar-refractivity contribution in [2.45, 2.75) is 13.0 Å². The number of carbonyl (C=O) groups is 1. The summed E-state index contributed by atoms with van der Waals surface area (Å²) < 4.78 is 2.24. The fraction of sp³-hybridized carbons (Fsp3) is 0.200. The van der Waals surface area contributed by atoms with E-state index in [0.717, 1.165) is 10.1 Å². The maximum Gasteiger partial charge on any atom is 0.332 e. The molecule has 0 aliphatic heterocycles. The van der Waals surface area contributed by atoms with E-state index in [1.54, 1.807) is 6.92 Å². The third kappa shape index (κ3) is 3.28. The summed E-state index contributed by atoms with van der Waals surface area (Å²) in [6.07, 6.45) is 0. The molecule has 152 valence electrons. The Morgan fingerprint density at radius 2 is 1.77 bits per heavy atom. The standard InChI is InChI=1S/C20H19N7O3/c1-11-21-16(25-24-11)15(12-7-5-4-6-8-12)23-18(28)14-10-9-13-17(22-14)26(2)20(30)27(3)19(13)29/h4-10,15H,1-3H3,(H,23,28)(H,21,24,25). The minimum Gasteiger partial charge on any atom is -0.337 e. The van der Waals surface area contributed by atoms with Crippen LogP contribution in [0.5, 0.6) is 0 Å². The molecule has 4 aromatic rings. The molecule has 1 atom stereocenters. The minimum absolute atomic E-state index is 0.0685. The van der Waals surface area contributed by atoms with Gasteiger partial charge in [-0.2, -0.15) is 5.10 Å².